The number of carboxylic acids is 1. The molecule has 0 atom stereocenters. The maximum atomic E-state index is 12.4. The third kappa shape index (κ3) is 2.61. The number of aryl methyl sites for hydroxylation is 1. The highest BCUT2D eigenvalue weighted by atomic mass is 19.3. The molecule has 0 saturated carbocycles. The molecule has 1 aromatic rings. The van der Waals surface area contributed by atoms with Crippen molar-refractivity contribution in [3.63, 3.8) is 0 Å². The Morgan fingerprint density at radius 2 is 2.20 bits per heavy atom. The van der Waals surface area contributed by atoms with Gasteiger partial charge in [-0.15, -0.1) is 0 Å². The van der Waals surface area contributed by atoms with E-state index in [9.17, 15) is 18.7 Å². The lowest BCUT2D eigenvalue weighted by Gasteiger charge is -2.07. The molecule has 0 fully saturated rings. The summed E-state index contributed by atoms with van der Waals surface area (Å²) in [6.45, 7) is 1.41. The lowest BCUT2D eigenvalue weighted by atomic mass is 10.1. The van der Waals surface area contributed by atoms with Crippen LogP contribution in [0.2, 0.25) is 0 Å². The first-order valence-corrected chi connectivity index (χ1v) is 4.11. The smallest absolute Gasteiger partial charge is 0.309 e. The van der Waals surface area contributed by atoms with E-state index >= 15 is 0 Å². The number of halogens is 2. The Hall–Kier alpha value is -1.72. The molecule has 0 aliphatic heterocycles. The van der Waals surface area contributed by atoms with Crippen molar-refractivity contribution in [2.45, 2.75) is 19.8 Å². The predicted molar refractivity (Wildman–Crippen MR) is 46.9 cm³/mol. The quantitative estimate of drug-likeness (QED) is 0.807. The molecular weight excluding hydrogens is 208 g/mol. The number of aromatic nitrogens is 1. The van der Waals surface area contributed by atoms with Crippen molar-refractivity contribution in [3.05, 3.63) is 23.0 Å². The average Bonchev–Trinajstić information content (AvgIpc) is 2.09. The van der Waals surface area contributed by atoms with Gasteiger partial charge in [0.2, 0.25) is 0 Å². The van der Waals surface area contributed by atoms with Crippen LogP contribution in [0.15, 0.2) is 6.07 Å². The SMILES string of the molecule is Cc1cc(CC(=O)O)nc(C(F)F)c1O. The lowest BCUT2D eigenvalue weighted by molar-refractivity contribution is -0.136. The maximum absolute atomic E-state index is 12.4. The molecule has 0 radical (unpaired) electrons. The van der Waals surface area contributed by atoms with Crippen molar-refractivity contribution in [1.82, 2.24) is 4.98 Å². The van der Waals surface area contributed by atoms with Crippen LogP contribution in [0.25, 0.3) is 0 Å². The summed E-state index contributed by atoms with van der Waals surface area (Å²) in [6, 6.07) is 1.27. The summed E-state index contributed by atoms with van der Waals surface area (Å²) < 4.78 is 24.7. The van der Waals surface area contributed by atoms with Gasteiger partial charge in [-0.2, -0.15) is 0 Å². The number of alkyl halides is 2. The molecule has 1 heterocycles. The zero-order valence-electron chi connectivity index (χ0n) is 7.87. The summed E-state index contributed by atoms with van der Waals surface area (Å²) in [6.07, 6.45) is -3.36. The molecule has 0 amide bonds. The van der Waals surface area contributed by atoms with E-state index in [0.717, 1.165) is 0 Å². The van der Waals surface area contributed by atoms with Crippen LogP contribution in [0.4, 0.5) is 8.78 Å². The largest absolute Gasteiger partial charge is 0.506 e. The van der Waals surface area contributed by atoms with Gasteiger partial charge in [-0.1, -0.05) is 0 Å². The van der Waals surface area contributed by atoms with E-state index in [2.05, 4.69) is 4.98 Å². The van der Waals surface area contributed by atoms with Crippen LogP contribution in [0.1, 0.15) is 23.4 Å². The normalized spacial score (nSPS) is 10.7. The number of carboxylic acid groups (broad SMARTS) is 1. The van der Waals surface area contributed by atoms with Crippen LogP contribution in [0, 0.1) is 6.92 Å². The standard InChI is InChI=1S/C9H9F2NO3/c1-4-2-5(3-6(13)14)12-7(8(4)15)9(10)11/h2,9,15H,3H2,1H3,(H,13,14). The van der Waals surface area contributed by atoms with Crippen LogP contribution in [-0.4, -0.2) is 21.2 Å². The topological polar surface area (TPSA) is 70.4 Å². The number of aromatic hydroxyl groups is 1. The minimum Gasteiger partial charge on any atom is -0.506 e. The summed E-state index contributed by atoms with van der Waals surface area (Å²) in [5, 5.41) is 17.7. The van der Waals surface area contributed by atoms with Gasteiger partial charge in [0, 0.05) is 0 Å². The number of aliphatic carboxylic acids is 1. The number of rotatable bonds is 3. The van der Waals surface area contributed by atoms with Gasteiger partial charge in [0.05, 0.1) is 12.1 Å². The molecule has 0 spiro atoms. The number of carbonyl (C=O) groups is 1. The lowest BCUT2D eigenvalue weighted by Crippen LogP contribution is -2.05. The molecule has 6 heteroatoms. The van der Waals surface area contributed by atoms with Gasteiger partial charge < -0.3 is 10.2 Å². The van der Waals surface area contributed by atoms with Crippen LogP contribution in [-0.2, 0) is 11.2 Å². The van der Waals surface area contributed by atoms with E-state index in [1.54, 1.807) is 0 Å². The zero-order chi connectivity index (χ0) is 11.6. The fourth-order valence-corrected chi connectivity index (χ4v) is 1.16. The molecule has 82 valence electrons. The third-order valence-corrected chi connectivity index (χ3v) is 1.80. The molecule has 2 N–H and O–H groups in total. The van der Waals surface area contributed by atoms with E-state index in [4.69, 9.17) is 5.11 Å². The Morgan fingerprint density at radius 1 is 1.60 bits per heavy atom. The molecular formula is C9H9F2NO3. The summed E-state index contributed by atoms with van der Waals surface area (Å²) >= 11 is 0. The van der Waals surface area contributed by atoms with Crippen molar-refractivity contribution < 1.29 is 23.8 Å². The number of nitrogens with zero attached hydrogens (tertiary/aromatic N) is 1. The van der Waals surface area contributed by atoms with Crippen molar-refractivity contribution in [2.75, 3.05) is 0 Å². The van der Waals surface area contributed by atoms with Gasteiger partial charge in [0.1, 0.15) is 11.4 Å². The highest BCUT2D eigenvalue weighted by molar-refractivity contribution is 5.69. The predicted octanol–water partition coefficient (Wildman–Crippen LogP) is 1.66. The van der Waals surface area contributed by atoms with Gasteiger partial charge in [-0.05, 0) is 18.6 Å². The minimum absolute atomic E-state index is 0.00750. The fraction of sp³-hybridized carbons (Fsp3) is 0.333. The molecule has 0 saturated heterocycles. The van der Waals surface area contributed by atoms with E-state index in [1.165, 1.54) is 13.0 Å². The van der Waals surface area contributed by atoms with Gasteiger partial charge in [0.15, 0.2) is 0 Å². The molecule has 0 aliphatic carbocycles. The van der Waals surface area contributed by atoms with E-state index in [0.29, 0.717) is 0 Å². The molecule has 0 aromatic carbocycles. The van der Waals surface area contributed by atoms with Gasteiger partial charge in [-0.25, -0.2) is 13.8 Å². The molecule has 15 heavy (non-hydrogen) atoms. The Kier molecular flexibility index (Phi) is 3.18. The van der Waals surface area contributed by atoms with Gasteiger partial charge in [-0.3, -0.25) is 4.79 Å². The third-order valence-electron chi connectivity index (χ3n) is 1.80. The van der Waals surface area contributed by atoms with Crippen molar-refractivity contribution in [2.24, 2.45) is 0 Å². The first-order valence-electron chi connectivity index (χ1n) is 4.11. The second-order valence-electron chi connectivity index (χ2n) is 3.04. The summed E-state index contributed by atoms with van der Waals surface area (Å²) in [5.74, 6) is -1.74. The minimum atomic E-state index is -2.92. The zero-order valence-corrected chi connectivity index (χ0v) is 7.87. The monoisotopic (exact) mass is 217 g/mol. The van der Waals surface area contributed by atoms with E-state index in [-0.39, 0.29) is 11.3 Å². The molecule has 0 aliphatic rings. The number of hydrogen-bond donors (Lipinski definition) is 2. The van der Waals surface area contributed by atoms with E-state index in [1.807, 2.05) is 0 Å². The highest BCUT2D eigenvalue weighted by Gasteiger charge is 2.18. The second kappa shape index (κ2) is 4.20. The van der Waals surface area contributed by atoms with Gasteiger partial charge >= 0.3 is 5.97 Å². The summed E-state index contributed by atoms with van der Waals surface area (Å²) in [7, 11) is 0. The van der Waals surface area contributed by atoms with Gasteiger partial charge in [0.25, 0.3) is 6.43 Å². The summed E-state index contributed by atoms with van der Waals surface area (Å²) in [4.78, 5) is 13.7. The second-order valence-corrected chi connectivity index (χ2v) is 3.04. The van der Waals surface area contributed by atoms with Crippen LogP contribution < -0.4 is 0 Å². The van der Waals surface area contributed by atoms with Crippen LogP contribution in [0.3, 0.4) is 0 Å². The fourth-order valence-electron chi connectivity index (χ4n) is 1.16. The Balaban J connectivity index is 3.17. The Bertz CT molecular complexity index is 393. The molecule has 1 rings (SSSR count). The molecule has 0 unspecified atom stereocenters. The maximum Gasteiger partial charge on any atom is 0.309 e. The number of pyridine rings is 1. The highest BCUT2D eigenvalue weighted by Crippen LogP contribution is 2.29. The summed E-state index contributed by atoms with van der Waals surface area (Å²) in [5.41, 5.74) is -0.573. The van der Waals surface area contributed by atoms with Crippen molar-refractivity contribution >= 4 is 5.97 Å². The van der Waals surface area contributed by atoms with E-state index < -0.39 is 30.3 Å². The molecule has 4 nitrogen and oxygen atoms in total. The molecule has 1 aromatic heterocycles. The van der Waals surface area contributed by atoms with Crippen molar-refractivity contribution in [3.8, 4) is 5.75 Å². The van der Waals surface area contributed by atoms with Crippen molar-refractivity contribution in [1.29, 1.82) is 0 Å². The Labute approximate surface area is 84.2 Å². The first kappa shape index (κ1) is 11.4. The average molecular weight is 217 g/mol. The number of hydrogen-bond acceptors (Lipinski definition) is 3. The van der Waals surface area contributed by atoms with Crippen LogP contribution >= 0.6 is 0 Å². The Morgan fingerprint density at radius 3 is 2.67 bits per heavy atom. The molecule has 0 bridgehead atoms. The van der Waals surface area contributed by atoms with Crippen LogP contribution in [0.5, 0.6) is 5.75 Å². The first-order chi connectivity index (χ1) is 6.91.